The van der Waals surface area contributed by atoms with Crippen LogP contribution in [0.15, 0.2) is 0 Å². The molecular weight excluding hydrogens is 135 g/mol. The number of rotatable bonds is 4. The molecule has 0 spiro atoms. The highest BCUT2D eigenvalue weighted by molar-refractivity contribution is 7.40. The predicted octanol–water partition coefficient (Wildman–Crippen LogP) is 1.08. The molecule has 0 radical (unpaired) electrons. The van der Waals surface area contributed by atoms with Gasteiger partial charge >= 0.3 is 5.97 Å². The van der Waals surface area contributed by atoms with E-state index in [0.29, 0.717) is 0 Å². The summed E-state index contributed by atoms with van der Waals surface area (Å²) in [5.74, 6) is 0.636. The maximum Gasteiger partial charge on any atom is 0.327 e. The van der Waals surface area contributed by atoms with Crippen LogP contribution in [-0.2, 0) is 4.79 Å². The second-order valence-electron chi connectivity index (χ2n) is 1.88. The molecule has 0 amide bonds. The molecule has 54 valence electrons. The van der Waals surface area contributed by atoms with Crippen LogP contribution in [0.3, 0.4) is 0 Å². The fourth-order valence-corrected chi connectivity index (χ4v) is 1.52. The Kier molecular flexibility index (Phi) is 5.75. The zero-order valence-electron chi connectivity index (χ0n) is 5.63. The summed E-state index contributed by atoms with van der Waals surface area (Å²) in [6, 6.07) is 0. The zero-order chi connectivity index (χ0) is 7.11. The Labute approximate surface area is 56.7 Å². The lowest BCUT2D eigenvalue weighted by atomic mass is 10.4. The van der Waals surface area contributed by atoms with Crippen molar-refractivity contribution in [3.05, 3.63) is 0 Å². The lowest BCUT2D eigenvalue weighted by Crippen LogP contribution is -1.91. The molecule has 0 aliphatic carbocycles. The number of aliphatic carboxylic acids is 1. The summed E-state index contributed by atoms with van der Waals surface area (Å²) in [5, 5.41) is 8.18. The first-order valence-corrected chi connectivity index (χ1v) is 4.65. The van der Waals surface area contributed by atoms with Crippen LogP contribution < -0.4 is 0 Å². The van der Waals surface area contributed by atoms with E-state index in [2.05, 4.69) is 6.92 Å². The molecule has 0 bridgehead atoms. The van der Waals surface area contributed by atoms with Gasteiger partial charge in [-0.1, -0.05) is 19.8 Å². The normalized spacial score (nSPS) is 11.2. The molecule has 1 N–H and O–H groups in total. The van der Waals surface area contributed by atoms with Crippen LogP contribution >= 0.6 is 8.20 Å². The number of hydrogen-bond donors (Lipinski definition) is 1. The van der Waals surface area contributed by atoms with E-state index in [-0.39, 0.29) is 8.20 Å². The minimum atomic E-state index is -0.763. The van der Waals surface area contributed by atoms with Crippen LogP contribution in [0.25, 0.3) is 0 Å². The Morgan fingerprint density at radius 1 is 1.78 bits per heavy atom. The summed E-state index contributed by atoms with van der Waals surface area (Å²) in [4.78, 5) is 9.93. The minimum Gasteiger partial charge on any atom is -0.478 e. The predicted molar refractivity (Wildman–Crippen MR) is 43.2 cm³/mol. The van der Waals surface area contributed by atoms with Crippen molar-refractivity contribution in [3.63, 3.8) is 0 Å². The fraction of sp³-hybridized carbons (Fsp3) is 0.667. The maximum atomic E-state index is 9.93. The molecular formula is C6H13O2P. The van der Waals surface area contributed by atoms with Crippen molar-refractivity contribution < 1.29 is 9.90 Å². The molecule has 0 fully saturated rings. The van der Waals surface area contributed by atoms with Crippen molar-refractivity contribution in [2.75, 3.05) is 6.16 Å². The molecule has 0 rings (SSSR count). The third kappa shape index (κ3) is 7.77. The van der Waals surface area contributed by atoms with Crippen LogP contribution in [0, 0.1) is 0 Å². The quantitative estimate of drug-likeness (QED) is 0.478. The second kappa shape index (κ2) is 5.90. The van der Waals surface area contributed by atoms with Gasteiger partial charge in [0.25, 0.3) is 0 Å². The van der Waals surface area contributed by atoms with E-state index in [0.717, 1.165) is 6.16 Å². The van der Waals surface area contributed by atoms with Gasteiger partial charge in [0.15, 0.2) is 0 Å². The van der Waals surface area contributed by atoms with E-state index >= 15 is 0 Å². The molecule has 0 aromatic rings. The average Bonchev–Trinajstić information content (AvgIpc) is 1.80. The Morgan fingerprint density at radius 2 is 2.44 bits per heavy atom. The fourth-order valence-electron chi connectivity index (χ4n) is 0.506. The van der Waals surface area contributed by atoms with Gasteiger partial charge in [0.1, 0.15) is 0 Å². The second-order valence-corrected chi connectivity index (χ2v) is 3.26. The van der Waals surface area contributed by atoms with Crippen molar-refractivity contribution in [2.24, 2.45) is 0 Å². The molecule has 0 aliphatic heterocycles. The van der Waals surface area contributed by atoms with E-state index in [1.54, 1.807) is 0 Å². The summed E-state index contributed by atoms with van der Waals surface area (Å²) < 4.78 is 0. The zero-order valence-corrected chi connectivity index (χ0v) is 6.79. The molecule has 1 atom stereocenters. The van der Waals surface area contributed by atoms with Crippen LogP contribution in [-0.4, -0.2) is 23.0 Å². The highest BCUT2D eigenvalue weighted by Crippen LogP contribution is 1.98. The van der Waals surface area contributed by atoms with Crippen molar-refractivity contribution in [2.45, 2.75) is 19.8 Å². The first-order chi connectivity index (χ1) is 4.27. The lowest BCUT2D eigenvalue weighted by Gasteiger charge is -1.85. The Hall–Kier alpha value is -0.230. The van der Waals surface area contributed by atoms with Gasteiger partial charge in [-0.15, -0.1) is 8.20 Å². The van der Waals surface area contributed by atoms with Crippen molar-refractivity contribution in [1.29, 1.82) is 0 Å². The van der Waals surface area contributed by atoms with Crippen LogP contribution in [0.2, 0.25) is 0 Å². The Balaban J connectivity index is 3.15. The molecule has 3 heteroatoms. The molecule has 0 heterocycles. The molecule has 0 saturated heterocycles. The third-order valence-corrected chi connectivity index (χ3v) is 2.25. The molecule has 1 unspecified atom stereocenters. The topological polar surface area (TPSA) is 37.3 Å². The van der Waals surface area contributed by atoms with Gasteiger partial charge in [-0.2, -0.15) is 0 Å². The molecule has 0 aromatic heterocycles. The summed E-state index contributed by atoms with van der Waals surface area (Å²) in [5.41, 5.74) is 0. The molecule has 0 saturated carbocycles. The van der Waals surface area contributed by atoms with Gasteiger partial charge in [0.2, 0.25) is 0 Å². The smallest absolute Gasteiger partial charge is 0.327 e. The Bertz CT molecular complexity index is 110. The number of carbonyl (C=O) groups is 1. The standard InChI is InChI=1S/C6H13O2P/c1-2-3-4-9-5-6(7)8/h5H,2-4,9H2,1H3,(H,7,8). The van der Waals surface area contributed by atoms with Gasteiger partial charge in [-0.3, -0.25) is 0 Å². The number of carboxylic acid groups (broad SMARTS) is 1. The van der Waals surface area contributed by atoms with Crippen molar-refractivity contribution in [3.8, 4) is 0 Å². The minimum absolute atomic E-state index is 0.0616. The van der Waals surface area contributed by atoms with Crippen LogP contribution in [0.5, 0.6) is 0 Å². The summed E-state index contributed by atoms with van der Waals surface area (Å²) in [6.07, 6.45) is 3.42. The van der Waals surface area contributed by atoms with E-state index in [9.17, 15) is 4.79 Å². The summed E-state index contributed by atoms with van der Waals surface area (Å²) >= 11 is 0. The highest BCUT2D eigenvalue weighted by atomic mass is 31.1. The van der Waals surface area contributed by atoms with Crippen molar-refractivity contribution >= 4 is 20.0 Å². The van der Waals surface area contributed by atoms with Gasteiger partial charge in [0.05, 0.1) is 0 Å². The number of unbranched alkanes of at least 4 members (excludes halogenated alkanes) is 1. The van der Waals surface area contributed by atoms with Gasteiger partial charge < -0.3 is 5.11 Å². The average molecular weight is 148 g/mol. The largest absolute Gasteiger partial charge is 0.478 e. The SMILES string of the molecule is CCCC/[PH2]=C/C(=O)O. The van der Waals surface area contributed by atoms with E-state index in [1.165, 1.54) is 18.6 Å². The number of hydrogen-bond acceptors (Lipinski definition) is 1. The molecule has 9 heavy (non-hydrogen) atoms. The van der Waals surface area contributed by atoms with Gasteiger partial charge in [-0.25, -0.2) is 4.79 Å². The van der Waals surface area contributed by atoms with E-state index in [1.807, 2.05) is 0 Å². The summed E-state index contributed by atoms with van der Waals surface area (Å²) in [7, 11) is 0.0616. The third-order valence-electron chi connectivity index (χ3n) is 0.985. The van der Waals surface area contributed by atoms with Crippen LogP contribution in [0.4, 0.5) is 0 Å². The van der Waals surface area contributed by atoms with E-state index in [4.69, 9.17) is 5.11 Å². The molecule has 0 aromatic carbocycles. The summed E-state index contributed by atoms with van der Waals surface area (Å²) in [6.45, 7) is 2.11. The van der Waals surface area contributed by atoms with Gasteiger partial charge in [-0.05, 0) is 6.16 Å². The van der Waals surface area contributed by atoms with Crippen molar-refractivity contribution in [1.82, 2.24) is 0 Å². The van der Waals surface area contributed by atoms with Crippen LogP contribution in [0.1, 0.15) is 19.8 Å². The van der Waals surface area contributed by atoms with Gasteiger partial charge in [0, 0.05) is 5.80 Å². The first-order valence-electron chi connectivity index (χ1n) is 3.17. The first kappa shape index (κ1) is 8.77. The highest BCUT2D eigenvalue weighted by Gasteiger charge is 1.82. The molecule has 2 nitrogen and oxygen atoms in total. The maximum absolute atomic E-state index is 9.93. The lowest BCUT2D eigenvalue weighted by molar-refractivity contribution is -0.128. The number of carboxylic acids is 1. The monoisotopic (exact) mass is 148 g/mol. The van der Waals surface area contributed by atoms with E-state index < -0.39 is 5.97 Å². The Morgan fingerprint density at radius 3 is 2.89 bits per heavy atom. The molecule has 0 aliphatic rings.